The Kier molecular flexibility index (Phi) is 10.4. The first kappa shape index (κ1) is 25.9. The molecule has 1 aromatic carbocycles. The Morgan fingerprint density at radius 1 is 1.10 bits per heavy atom. The van der Waals surface area contributed by atoms with Gasteiger partial charge in [0.2, 0.25) is 5.91 Å². The molecule has 0 bridgehead atoms. The third kappa shape index (κ3) is 10.4. The van der Waals surface area contributed by atoms with Crippen molar-refractivity contribution < 1.29 is 28.2 Å². The summed E-state index contributed by atoms with van der Waals surface area (Å²) < 4.78 is 23.8. The molecular weight excluding hydrogens is 403 g/mol. The van der Waals surface area contributed by atoms with E-state index in [1.807, 2.05) is 0 Å². The first-order valence-electron chi connectivity index (χ1n) is 9.98. The van der Waals surface area contributed by atoms with Crippen molar-refractivity contribution in [2.75, 3.05) is 6.61 Å². The molecule has 0 radical (unpaired) electrons. The number of nitrogens with one attached hydrogen (secondary N) is 2. The number of halogens is 1. The summed E-state index contributed by atoms with van der Waals surface area (Å²) in [6.07, 6.45) is 3.17. The van der Waals surface area contributed by atoms with E-state index in [0.717, 1.165) is 0 Å². The van der Waals surface area contributed by atoms with Crippen molar-refractivity contribution in [2.45, 2.75) is 57.7 Å². The van der Waals surface area contributed by atoms with Crippen LogP contribution in [0, 0.1) is 5.82 Å². The molecule has 1 rings (SSSR count). The van der Waals surface area contributed by atoms with Crippen LogP contribution in [0.25, 0.3) is 0 Å². The van der Waals surface area contributed by atoms with Crippen LogP contribution in [0.3, 0.4) is 0 Å². The quantitative estimate of drug-likeness (QED) is 0.406. The van der Waals surface area contributed by atoms with Gasteiger partial charge in [-0.2, -0.15) is 0 Å². The maximum atomic E-state index is 13.3. The highest BCUT2D eigenvalue weighted by Gasteiger charge is 2.26. The summed E-state index contributed by atoms with van der Waals surface area (Å²) in [5.74, 6) is -1.40. The predicted molar refractivity (Wildman–Crippen MR) is 116 cm³/mol. The van der Waals surface area contributed by atoms with Crippen LogP contribution in [0.4, 0.5) is 9.18 Å². The number of carbonyl (C=O) groups is 3. The van der Waals surface area contributed by atoms with Gasteiger partial charge in [-0.05, 0) is 51.3 Å². The van der Waals surface area contributed by atoms with E-state index < -0.39 is 35.6 Å². The fraction of sp³-hybridized carbons (Fsp3) is 0.435. The summed E-state index contributed by atoms with van der Waals surface area (Å²) in [6, 6.07) is 3.82. The van der Waals surface area contributed by atoms with Crippen molar-refractivity contribution in [3.05, 3.63) is 61.0 Å². The van der Waals surface area contributed by atoms with Crippen LogP contribution in [0.1, 0.15) is 51.6 Å². The van der Waals surface area contributed by atoms with E-state index in [4.69, 9.17) is 9.47 Å². The van der Waals surface area contributed by atoms with E-state index in [9.17, 15) is 18.8 Å². The summed E-state index contributed by atoms with van der Waals surface area (Å²) >= 11 is 0. The molecule has 1 aromatic rings. The summed E-state index contributed by atoms with van der Waals surface area (Å²) in [5, 5.41) is 5.23. The molecule has 31 heavy (non-hydrogen) atoms. The Morgan fingerprint density at radius 3 is 2.29 bits per heavy atom. The zero-order valence-corrected chi connectivity index (χ0v) is 18.3. The minimum absolute atomic E-state index is 0.130. The van der Waals surface area contributed by atoms with Gasteiger partial charge in [0.15, 0.2) is 0 Å². The lowest BCUT2D eigenvalue weighted by molar-refractivity contribution is -0.147. The molecule has 1 unspecified atom stereocenters. The molecule has 0 spiro atoms. The highest BCUT2D eigenvalue weighted by atomic mass is 19.1. The first-order chi connectivity index (χ1) is 14.6. The second-order valence-electron chi connectivity index (χ2n) is 7.85. The van der Waals surface area contributed by atoms with Gasteiger partial charge in [-0.1, -0.05) is 24.3 Å². The number of benzene rings is 1. The van der Waals surface area contributed by atoms with Gasteiger partial charge in [-0.3, -0.25) is 4.79 Å². The predicted octanol–water partition coefficient (Wildman–Crippen LogP) is 3.96. The average molecular weight is 435 g/mol. The zero-order valence-electron chi connectivity index (χ0n) is 18.3. The fourth-order valence-corrected chi connectivity index (χ4v) is 2.51. The van der Waals surface area contributed by atoms with Gasteiger partial charge in [0.05, 0.1) is 6.04 Å². The van der Waals surface area contributed by atoms with Crippen molar-refractivity contribution in [1.29, 1.82) is 0 Å². The maximum absolute atomic E-state index is 13.3. The molecule has 0 heterocycles. The van der Waals surface area contributed by atoms with E-state index in [-0.39, 0.29) is 25.4 Å². The highest BCUT2D eigenvalue weighted by Crippen LogP contribution is 2.16. The van der Waals surface area contributed by atoms with Crippen molar-refractivity contribution in [3.8, 4) is 0 Å². The standard InChI is InChI=1S/C23H31FN2O5/c1-6-8-10-20(27)25-19(16-11-13-17(24)14-12-16)15-30-21(28)18(9-7-2)26-22(29)31-23(3,4)5/h6-7,11-14,18-19H,1-2,8-10,15H2,3-5H3,(H,25,27)(H,26,29)/t18?,19-/m0/s1. The monoisotopic (exact) mass is 434 g/mol. The van der Waals surface area contributed by atoms with E-state index in [1.165, 1.54) is 30.3 Å². The van der Waals surface area contributed by atoms with E-state index in [0.29, 0.717) is 12.0 Å². The third-order valence-corrected chi connectivity index (χ3v) is 3.95. The van der Waals surface area contributed by atoms with E-state index >= 15 is 0 Å². The smallest absolute Gasteiger partial charge is 0.408 e. The van der Waals surface area contributed by atoms with E-state index in [2.05, 4.69) is 23.8 Å². The zero-order chi connectivity index (χ0) is 23.4. The Bertz CT molecular complexity index is 771. The van der Waals surface area contributed by atoms with Gasteiger partial charge < -0.3 is 20.1 Å². The number of hydrogen-bond donors (Lipinski definition) is 2. The van der Waals surface area contributed by atoms with Gasteiger partial charge in [-0.25, -0.2) is 14.0 Å². The Balaban J connectivity index is 2.84. The number of alkyl carbamates (subject to hydrolysis) is 1. The largest absolute Gasteiger partial charge is 0.462 e. The second-order valence-corrected chi connectivity index (χ2v) is 7.85. The first-order valence-corrected chi connectivity index (χ1v) is 9.98. The number of hydrogen-bond acceptors (Lipinski definition) is 5. The normalized spacial score (nSPS) is 12.8. The molecule has 8 heteroatoms. The molecule has 2 atom stereocenters. The van der Waals surface area contributed by atoms with Crippen LogP contribution in [0.5, 0.6) is 0 Å². The molecule has 0 aliphatic heterocycles. The second kappa shape index (κ2) is 12.5. The highest BCUT2D eigenvalue weighted by molar-refractivity contribution is 5.81. The van der Waals surface area contributed by atoms with Crippen LogP contribution in [-0.4, -0.2) is 36.2 Å². The molecule has 0 aromatic heterocycles. The Morgan fingerprint density at radius 2 is 1.74 bits per heavy atom. The van der Waals surface area contributed by atoms with Crippen molar-refractivity contribution in [3.63, 3.8) is 0 Å². The Labute approximate surface area is 182 Å². The molecule has 2 amide bonds. The Hall–Kier alpha value is -3.16. The molecule has 170 valence electrons. The number of amides is 2. The minimum Gasteiger partial charge on any atom is -0.462 e. The topological polar surface area (TPSA) is 93.7 Å². The summed E-state index contributed by atoms with van der Waals surface area (Å²) in [7, 11) is 0. The summed E-state index contributed by atoms with van der Waals surface area (Å²) in [5.41, 5.74) is -0.155. The molecule has 2 N–H and O–H groups in total. The molecule has 0 saturated carbocycles. The minimum atomic E-state index is -1.00. The molecule has 0 aliphatic carbocycles. The fourth-order valence-electron chi connectivity index (χ4n) is 2.51. The molecular formula is C23H31FN2O5. The van der Waals surface area contributed by atoms with Gasteiger partial charge in [0.25, 0.3) is 0 Å². The van der Waals surface area contributed by atoms with Crippen LogP contribution in [0.15, 0.2) is 49.6 Å². The molecule has 0 aliphatic rings. The number of allylic oxidation sites excluding steroid dienone is 1. The number of carbonyl (C=O) groups excluding carboxylic acids is 3. The van der Waals surface area contributed by atoms with E-state index in [1.54, 1.807) is 26.8 Å². The number of esters is 1. The van der Waals surface area contributed by atoms with Gasteiger partial charge in [-0.15, -0.1) is 13.2 Å². The van der Waals surface area contributed by atoms with Crippen molar-refractivity contribution >= 4 is 18.0 Å². The molecule has 0 fully saturated rings. The van der Waals surface area contributed by atoms with Gasteiger partial charge >= 0.3 is 12.1 Å². The number of ether oxygens (including phenoxy) is 2. The van der Waals surface area contributed by atoms with Crippen LogP contribution in [0.2, 0.25) is 0 Å². The van der Waals surface area contributed by atoms with Crippen LogP contribution < -0.4 is 10.6 Å². The van der Waals surface area contributed by atoms with Crippen molar-refractivity contribution in [2.24, 2.45) is 0 Å². The van der Waals surface area contributed by atoms with Gasteiger partial charge in [0.1, 0.15) is 24.1 Å². The van der Waals surface area contributed by atoms with Crippen LogP contribution >= 0.6 is 0 Å². The summed E-state index contributed by atoms with van der Waals surface area (Å²) in [6.45, 7) is 12.1. The lowest BCUT2D eigenvalue weighted by Gasteiger charge is -2.24. The van der Waals surface area contributed by atoms with Crippen molar-refractivity contribution in [1.82, 2.24) is 10.6 Å². The molecule has 7 nitrogen and oxygen atoms in total. The summed E-state index contributed by atoms with van der Waals surface area (Å²) in [4.78, 5) is 36.7. The SMILES string of the molecule is C=CCCC(=O)N[C@@H](COC(=O)C(CC=C)NC(=O)OC(C)(C)C)c1ccc(F)cc1. The van der Waals surface area contributed by atoms with Gasteiger partial charge in [0, 0.05) is 6.42 Å². The number of rotatable bonds is 11. The molecule has 0 saturated heterocycles. The lowest BCUT2D eigenvalue weighted by atomic mass is 10.1. The maximum Gasteiger partial charge on any atom is 0.408 e. The average Bonchev–Trinajstić information content (AvgIpc) is 2.68. The van der Waals surface area contributed by atoms with Crippen LogP contribution in [-0.2, 0) is 19.1 Å². The lowest BCUT2D eigenvalue weighted by Crippen LogP contribution is -2.44. The third-order valence-electron chi connectivity index (χ3n) is 3.95.